The quantitative estimate of drug-likeness (QED) is 0.325. The Hall–Kier alpha value is -3.82. The Labute approximate surface area is 229 Å². The topological polar surface area (TPSA) is 81.0 Å². The van der Waals surface area contributed by atoms with E-state index in [0.717, 1.165) is 42.4 Å². The molecule has 2 bridgehead atoms. The number of anilines is 1. The number of ether oxygens (including phenoxy) is 1. The molecule has 0 spiro atoms. The number of nitrogens with zero attached hydrogens (tertiary/aromatic N) is 6. The summed E-state index contributed by atoms with van der Waals surface area (Å²) in [6.45, 7) is 1.91. The second-order valence-corrected chi connectivity index (χ2v) is 10.7. The lowest BCUT2D eigenvalue weighted by Crippen LogP contribution is -2.51. The zero-order valence-electron chi connectivity index (χ0n) is 21.4. The van der Waals surface area contributed by atoms with Crippen LogP contribution in [0.4, 0.5) is 10.2 Å². The number of rotatable bonds is 6. The molecule has 2 atom stereocenters. The Bertz CT molecular complexity index is 1690. The SMILES string of the molecule is Cn1ccc(CCOc2nc(N3CC4CCC(C3)N4)c3cnc(-c4cccc5cccc(Cl)c45)c(F)c3n2)n1. The van der Waals surface area contributed by atoms with Crippen molar-refractivity contribution in [2.45, 2.75) is 31.3 Å². The Morgan fingerprint density at radius 1 is 1.08 bits per heavy atom. The van der Waals surface area contributed by atoms with E-state index in [0.29, 0.717) is 46.9 Å². The molecular formula is C29H27ClFN7O. The van der Waals surface area contributed by atoms with E-state index in [4.69, 9.17) is 21.3 Å². The lowest BCUT2D eigenvalue weighted by atomic mass is 10.0. The molecule has 39 heavy (non-hydrogen) atoms. The zero-order valence-corrected chi connectivity index (χ0v) is 22.2. The number of benzene rings is 2. The first-order valence-electron chi connectivity index (χ1n) is 13.2. The maximum atomic E-state index is 16.4. The number of aryl methyl sites for hydroxylation is 1. The second-order valence-electron chi connectivity index (χ2n) is 10.3. The van der Waals surface area contributed by atoms with Crippen molar-refractivity contribution in [1.82, 2.24) is 30.0 Å². The number of nitrogens with one attached hydrogen (secondary N) is 1. The van der Waals surface area contributed by atoms with Gasteiger partial charge in [-0.3, -0.25) is 9.67 Å². The highest BCUT2D eigenvalue weighted by Gasteiger charge is 2.34. The third-order valence-corrected chi connectivity index (χ3v) is 7.94. The van der Waals surface area contributed by atoms with Gasteiger partial charge in [0.25, 0.3) is 0 Å². The summed E-state index contributed by atoms with van der Waals surface area (Å²) in [5.41, 5.74) is 1.91. The van der Waals surface area contributed by atoms with Gasteiger partial charge in [0, 0.05) is 67.0 Å². The van der Waals surface area contributed by atoms with Gasteiger partial charge in [-0.05, 0) is 30.4 Å². The molecule has 2 fully saturated rings. The van der Waals surface area contributed by atoms with Gasteiger partial charge in [0.15, 0.2) is 5.82 Å². The van der Waals surface area contributed by atoms with Crippen molar-refractivity contribution in [1.29, 1.82) is 0 Å². The minimum atomic E-state index is -0.517. The maximum absolute atomic E-state index is 16.4. The number of piperazine rings is 1. The van der Waals surface area contributed by atoms with Crippen LogP contribution < -0.4 is 15.0 Å². The average Bonchev–Trinajstić information content (AvgIpc) is 3.51. The van der Waals surface area contributed by atoms with Crippen molar-refractivity contribution in [3.05, 3.63) is 71.4 Å². The lowest BCUT2D eigenvalue weighted by Gasteiger charge is -2.34. The minimum Gasteiger partial charge on any atom is -0.463 e. The van der Waals surface area contributed by atoms with Gasteiger partial charge in [-0.1, -0.05) is 41.9 Å². The summed E-state index contributed by atoms with van der Waals surface area (Å²) in [5, 5.41) is 10.8. The minimum absolute atomic E-state index is 0.145. The van der Waals surface area contributed by atoms with Crippen LogP contribution >= 0.6 is 11.6 Å². The van der Waals surface area contributed by atoms with E-state index >= 15 is 4.39 Å². The highest BCUT2D eigenvalue weighted by Crippen LogP contribution is 2.38. The predicted molar refractivity (Wildman–Crippen MR) is 150 cm³/mol. The van der Waals surface area contributed by atoms with Crippen molar-refractivity contribution < 1.29 is 9.13 Å². The Balaban J connectivity index is 1.33. The third-order valence-electron chi connectivity index (χ3n) is 7.63. The molecule has 0 saturated carbocycles. The number of hydrogen-bond donors (Lipinski definition) is 1. The highest BCUT2D eigenvalue weighted by molar-refractivity contribution is 6.36. The summed E-state index contributed by atoms with van der Waals surface area (Å²) in [5.74, 6) is 0.136. The highest BCUT2D eigenvalue weighted by atomic mass is 35.5. The summed E-state index contributed by atoms with van der Waals surface area (Å²) in [6, 6.07) is 14.2. The van der Waals surface area contributed by atoms with Gasteiger partial charge in [-0.2, -0.15) is 15.1 Å². The van der Waals surface area contributed by atoms with Crippen molar-refractivity contribution in [2.24, 2.45) is 7.05 Å². The second kappa shape index (κ2) is 9.73. The fourth-order valence-corrected chi connectivity index (χ4v) is 6.10. The van der Waals surface area contributed by atoms with Gasteiger partial charge in [-0.25, -0.2) is 4.39 Å². The standard InChI is InChI=1S/C29H27ClFN7O/c1-37-12-10-18(36-37)11-13-39-29-34-27-22(28(35-29)38-15-19-8-9-20(16-38)33-19)14-32-26(25(27)31)21-6-2-4-17-5-3-7-23(30)24(17)21/h2-7,10,12,14,19-20,33H,8-9,11,13,15-16H2,1H3. The first-order valence-corrected chi connectivity index (χ1v) is 13.6. The molecule has 1 N–H and O–H groups in total. The largest absolute Gasteiger partial charge is 0.463 e. The van der Waals surface area contributed by atoms with Crippen molar-refractivity contribution in [3.63, 3.8) is 0 Å². The van der Waals surface area contributed by atoms with Crippen LogP contribution in [0.25, 0.3) is 32.9 Å². The molecule has 3 aromatic heterocycles. The van der Waals surface area contributed by atoms with Crippen LogP contribution in [0.3, 0.4) is 0 Å². The molecule has 2 aromatic carbocycles. The van der Waals surface area contributed by atoms with E-state index in [1.165, 1.54) is 0 Å². The molecule has 5 aromatic rings. The number of hydrogen-bond acceptors (Lipinski definition) is 7. The van der Waals surface area contributed by atoms with E-state index in [-0.39, 0.29) is 17.2 Å². The van der Waals surface area contributed by atoms with Crippen LogP contribution in [-0.2, 0) is 13.5 Å². The Kier molecular flexibility index (Phi) is 6.05. The molecule has 2 aliphatic heterocycles. The predicted octanol–water partition coefficient (Wildman–Crippen LogP) is 4.93. The molecule has 0 radical (unpaired) electrons. The summed E-state index contributed by atoms with van der Waals surface area (Å²) >= 11 is 6.56. The maximum Gasteiger partial charge on any atom is 0.319 e. The number of fused-ring (bicyclic) bond motifs is 4. The molecule has 2 saturated heterocycles. The van der Waals surface area contributed by atoms with E-state index in [2.05, 4.69) is 25.3 Å². The fraction of sp³-hybridized carbons (Fsp3) is 0.310. The lowest BCUT2D eigenvalue weighted by molar-refractivity contribution is 0.295. The van der Waals surface area contributed by atoms with Crippen molar-refractivity contribution >= 4 is 39.1 Å². The molecule has 198 valence electrons. The molecule has 7 rings (SSSR count). The molecule has 10 heteroatoms. The molecular weight excluding hydrogens is 517 g/mol. The van der Waals surface area contributed by atoms with Crippen molar-refractivity contribution in [2.75, 3.05) is 24.6 Å². The number of pyridine rings is 1. The number of halogens is 2. The smallest absolute Gasteiger partial charge is 0.319 e. The summed E-state index contributed by atoms with van der Waals surface area (Å²) in [7, 11) is 1.88. The van der Waals surface area contributed by atoms with Crippen LogP contribution in [-0.4, -0.2) is 56.5 Å². The number of aromatic nitrogens is 5. The first-order chi connectivity index (χ1) is 19.0. The van der Waals surface area contributed by atoms with E-state index in [9.17, 15) is 0 Å². The van der Waals surface area contributed by atoms with Gasteiger partial charge in [0.2, 0.25) is 0 Å². The molecule has 8 nitrogen and oxygen atoms in total. The van der Waals surface area contributed by atoms with E-state index in [1.54, 1.807) is 16.9 Å². The van der Waals surface area contributed by atoms with E-state index in [1.807, 2.05) is 49.6 Å². The molecule has 2 aliphatic rings. The van der Waals surface area contributed by atoms with Gasteiger partial charge in [0.1, 0.15) is 17.0 Å². The average molecular weight is 544 g/mol. The summed E-state index contributed by atoms with van der Waals surface area (Å²) < 4.78 is 24.2. The van der Waals surface area contributed by atoms with Gasteiger partial charge >= 0.3 is 6.01 Å². The Morgan fingerprint density at radius 2 is 1.87 bits per heavy atom. The van der Waals surface area contributed by atoms with Crippen LogP contribution in [0.15, 0.2) is 54.9 Å². The molecule has 0 amide bonds. The molecule has 5 heterocycles. The molecule has 2 unspecified atom stereocenters. The van der Waals surface area contributed by atoms with Crippen LogP contribution in [0, 0.1) is 5.82 Å². The Morgan fingerprint density at radius 3 is 2.64 bits per heavy atom. The fourth-order valence-electron chi connectivity index (χ4n) is 5.82. The van der Waals surface area contributed by atoms with Gasteiger partial charge in [-0.15, -0.1) is 0 Å². The summed E-state index contributed by atoms with van der Waals surface area (Å²) in [6.07, 6.45) is 6.41. The summed E-state index contributed by atoms with van der Waals surface area (Å²) in [4.78, 5) is 16.2. The zero-order chi connectivity index (χ0) is 26.5. The van der Waals surface area contributed by atoms with E-state index < -0.39 is 5.82 Å². The normalized spacial score (nSPS) is 18.8. The van der Waals surface area contributed by atoms with Crippen molar-refractivity contribution in [3.8, 4) is 17.3 Å². The van der Waals surface area contributed by atoms with Crippen LogP contribution in [0.1, 0.15) is 18.5 Å². The van der Waals surface area contributed by atoms with Crippen LogP contribution in [0.5, 0.6) is 6.01 Å². The third kappa shape index (κ3) is 4.45. The van der Waals surface area contributed by atoms with Crippen LogP contribution in [0.2, 0.25) is 5.02 Å². The monoisotopic (exact) mass is 543 g/mol. The van der Waals surface area contributed by atoms with Gasteiger partial charge < -0.3 is 15.0 Å². The molecule has 0 aliphatic carbocycles. The first kappa shape index (κ1) is 24.2. The van der Waals surface area contributed by atoms with Gasteiger partial charge in [0.05, 0.1) is 17.7 Å².